The zero-order chi connectivity index (χ0) is 17.6. The van der Waals surface area contributed by atoms with Gasteiger partial charge in [0.05, 0.1) is 0 Å². The van der Waals surface area contributed by atoms with E-state index in [0.29, 0.717) is 16.7 Å². The van der Waals surface area contributed by atoms with E-state index in [2.05, 4.69) is 31.9 Å². The summed E-state index contributed by atoms with van der Waals surface area (Å²) in [5, 5.41) is 7.86. The zero-order valence-electron chi connectivity index (χ0n) is 15.5. The maximum Gasteiger partial charge on any atom is 0.245 e. The molecule has 26 heavy (non-hydrogen) atoms. The molecule has 0 amide bonds. The lowest BCUT2D eigenvalue weighted by atomic mass is 9.86. The number of rotatable bonds is 3. The number of anilines is 2. The fourth-order valence-corrected chi connectivity index (χ4v) is 4.90. The van der Waals surface area contributed by atoms with Crippen molar-refractivity contribution in [1.82, 2.24) is 25.2 Å². The first-order valence-corrected chi connectivity index (χ1v) is 9.99. The molecule has 1 atom stereocenters. The van der Waals surface area contributed by atoms with Crippen LogP contribution in [0.4, 0.5) is 11.6 Å². The highest BCUT2D eigenvalue weighted by Gasteiger charge is 2.44. The van der Waals surface area contributed by atoms with Crippen LogP contribution in [0.25, 0.3) is 11.3 Å². The van der Waals surface area contributed by atoms with E-state index >= 15 is 0 Å². The second kappa shape index (κ2) is 6.33. The Morgan fingerprint density at radius 1 is 0.846 bits per heavy atom. The topological polar surface area (TPSA) is 74.4 Å². The highest BCUT2D eigenvalue weighted by molar-refractivity contribution is 5.75. The number of hydrogen-bond donors (Lipinski definition) is 0. The average molecular weight is 357 g/mol. The van der Waals surface area contributed by atoms with Crippen molar-refractivity contribution in [3.8, 4) is 0 Å². The number of fused-ring (bicyclic) bond motifs is 1. The van der Waals surface area contributed by atoms with Gasteiger partial charge in [0.15, 0.2) is 11.6 Å². The zero-order valence-corrected chi connectivity index (χ0v) is 15.5. The molecule has 2 aromatic rings. The molecule has 8 heteroatoms. The molecule has 3 aliphatic heterocycles. The minimum Gasteiger partial charge on any atom is -0.353 e. The largest absolute Gasteiger partial charge is 0.353 e. The second-order valence-electron chi connectivity index (χ2n) is 8.12. The molecule has 140 valence electrons. The Labute approximate surface area is 153 Å². The maximum atomic E-state index is 4.88. The van der Waals surface area contributed by atoms with Crippen LogP contribution in [0.15, 0.2) is 4.63 Å². The Bertz CT molecular complexity index is 787. The summed E-state index contributed by atoms with van der Waals surface area (Å²) in [5.74, 6) is 1.94. The molecule has 0 saturated carbocycles. The van der Waals surface area contributed by atoms with E-state index in [1.807, 2.05) is 0 Å². The van der Waals surface area contributed by atoms with Crippen molar-refractivity contribution in [2.24, 2.45) is 5.41 Å². The van der Waals surface area contributed by atoms with E-state index in [9.17, 15) is 0 Å². The monoisotopic (exact) mass is 357 g/mol. The summed E-state index contributed by atoms with van der Waals surface area (Å²) in [6.45, 7) is 10.0. The second-order valence-corrected chi connectivity index (χ2v) is 8.12. The van der Waals surface area contributed by atoms with Gasteiger partial charge in [0.1, 0.15) is 0 Å². The van der Waals surface area contributed by atoms with Gasteiger partial charge in [-0.3, -0.25) is 0 Å². The van der Waals surface area contributed by atoms with Gasteiger partial charge in [-0.1, -0.05) is 6.92 Å². The highest BCUT2D eigenvalue weighted by Crippen LogP contribution is 2.42. The fourth-order valence-electron chi connectivity index (χ4n) is 4.90. The van der Waals surface area contributed by atoms with E-state index in [-0.39, 0.29) is 0 Å². The Kier molecular flexibility index (Phi) is 3.95. The van der Waals surface area contributed by atoms with E-state index in [0.717, 1.165) is 44.4 Å². The Morgan fingerprint density at radius 2 is 1.54 bits per heavy atom. The van der Waals surface area contributed by atoms with Gasteiger partial charge in [0.25, 0.3) is 0 Å². The minimum atomic E-state index is 0.411. The van der Waals surface area contributed by atoms with Gasteiger partial charge in [0.2, 0.25) is 11.3 Å². The van der Waals surface area contributed by atoms with Crippen LogP contribution >= 0.6 is 0 Å². The van der Waals surface area contributed by atoms with Crippen LogP contribution in [-0.2, 0) is 0 Å². The first-order valence-electron chi connectivity index (χ1n) is 9.99. The lowest BCUT2D eigenvalue weighted by molar-refractivity contribution is 0.286. The summed E-state index contributed by atoms with van der Waals surface area (Å²) in [4.78, 5) is 17.0. The Balaban J connectivity index is 1.47. The average Bonchev–Trinajstić information content (AvgIpc) is 3.41. The van der Waals surface area contributed by atoms with Crippen LogP contribution in [0.1, 0.15) is 39.0 Å². The normalized spacial score (nSPS) is 27.3. The van der Waals surface area contributed by atoms with Crippen molar-refractivity contribution < 1.29 is 4.63 Å². The van der Waals surface area contributed by atoms with Crippen LogP contribution < -0.4 is 9.80 Å². The third-order valence-corrected chi connectivity index (χ3v) is 6.44. The van der Waals surface area contributed by atoms with Gasteiger partial charge in [-0.2, -0.15) is 0 Å². The van der Waals surface area contributed by atoms with Gasteiger partial charge in [0, 0.05) is 38.1 Å². The van der Waals surface area contributed by atoms with E-state index < -0.39 is 0 Å². The van der Waals surface area contributed by atoms with Crippen molar-refractivity contribution in [2.75, 3.05) is 55.6 Å². The molecule has 5 heterocycles. The Morgan fingerprint density at radius 3 is 2.23 bits per heavy atom. The molecule has 2 aromatic heterocycles. The predicted molar refractivity (Wildman–Crippen MR) is 99.5 cm³/mol. The summed E-state index contributed by atoms with van der Waals surface area (Å²) in [6, 6.07) is 0. The molecule has 5 rings (SSSR count). The fraction of sp³-hybridized carbons (Fsp3) is 0.778. The van der Waals surface area contributed by atoms with Gasteiger partial charge < -0.3 is 14.7 Å². The molecule has 0 N–H and O–H groups in total. The van der Waals surface area contributed by atoms with Gasteiger partial charge in [-0.05, 0) is 55.5 Å². The molecule has 3 aliphatic rings. The first-order chi connectivity index (χ1) is 12.8. The molecule has 1 spiro atoms. The smallest absolute Gasteiger partial charge is 0.245 e. The van der Waals surface area contributed by atoms with Crippen LogP contribution in [0.3, 0.4) is 0 Å². The molecule has 1 unspecified atom stereocenters. The van der Waals surface area contributed by atoms with Crippen LogP contribution in [0.5, 0.6) is 0 Å². The SMILES string of the molecule is CCN1CCC2(CCN(c3nc4nonc4nc3N3CCCCC3)C2)C1. The van der Waals surface area contributed by atoms with Crippen molar-refractivity contribution in [3.05, 3.63) is 0 Å². The standard InChI is InChI=1S/C18H27N7O/c1-2-23-10-6-18(12-23)7-11-25(13-18)17-16(24-8-4-3-5-9-24)19-14-15(20-17)22-26-21-14/h2-13H2,1H3. The predicted octanol–water partition coefficient (Wildman–Crippen LogP) is 1.93. The number of likely N-dealkylation sites (tertiary alicyclic amines) is 1. The summed E-state index contributed by atoms with van der Waals surface area (Å²) >= 11 is 0. The molecule has 0 aliphatic carbocycles. The molecular weight excluding hydrogens is 330 g/mol. The summed E-state index contributed by atoms with van der Waals surface area (Å²) in [5.41, 5.74) is 1.44. The molecule has 8 nitrogen and oxygen atoms in total. The van der Waals surface area contributed by atoms with Crippen molar-refractivity contribution >= 4 is 22.9 Å². The lowest BCUT2D eigenvalue weighted by Crippen LogP contribution is -2.35. The van der Waals surface area contributed by atoms with Crippen LogP contribution in [0, 0.1) is 5.41 Å². The summed E-state index contributed by atoms with van der Waals surface area (Å²) in [6.07, 6.45) is 6.25. The molecule has 0 radical (unpaired) electrons. The lowest BCUT2D eigenvalue weighted by Gasteiger charge is -2.31. The third kappa shape index (κ3) is 2.71. The third-order valence-electron chi connectivity index (χ3n) is 6.44. The van der Waals surface area contributed by atoms with Crippen molar-refractivity contribution in [1.29, 1.82) is 0 Å². The maximum absolute atomic E-state index is 4.88. The number of piperidine rings is 1. The van der Waals surface area contributed by atoms with Crippen molar-refractivity contribution in [2.45, 2.75) is 39.0 Å². The van der Waals surface area contributed by atoms with Crippen LogP contribution in [0.2, 0.25) is 0 Å². The van der Waals surface area contributed by atoms with Gasteiger partial charge in [-0.15, -0.1) is 0 Å². The van der Waals surface area contributed by atoms with Gasteiger partial charge in [-0.25, -0.2) is 14.6 Å². The molecule has 3 saturated heterocycles. The highest BCUT2D eigenvalue weighted by atomic mass is 16.6. The van der Waals surface area contributed by atoms with Crippen LogP contribution in [-0.4, -0.2) is 71.0 Å². The van der Waals surface area contributed by atoms with Gasteiger partial charge >= 0.3 is 0 Å². The van der Waals surface area contributed by atoms with E-state index in [4.69, 9.17) is 14.6 Å². The minimum absolute atomic E-state index is 0.411. The number of nitrogens with zero attached hydrogens (tertiary/aromatic N) is 7. The molecule has 0 aromatic carbocycles. The Hall–Kier alpha value is -1.96. The van der Waals surface area contributed by atoms with Crippen molar-refractivity contribution in [3.63, 3.8) is 0 Å². The number of hydrogen-bond acceptors (Lipinski definition) is 8. The first kappa shape index (κ1) is 16.2. The quantitative estimate of drug-likeness (QED) is 0.825. The summed E-state index contributed by atoms with van der Waals surface area (Å²) in [7, 11) is 0. The summed E-state index contributed by atoms with van der Waals surface area (Å²) < 4.78 is 4.88. The number of aromatic nitrogens is 4. The van der Waals surface area contributed by atoms with E-state index in [1.165, 1.54) is 45.2 Å². The molecular formula is C18H27N7O. The molecule has 3 fully saturated rings. The van der Waals surface area contributed by atoms with E-state index in [1.54, 1.807) is 0 Å². The molecule has 0 bridgehead atoms.